The summed E-state index contributed by atoms with van der Waals surface area (Å²) in [4.78, 5) is 4.52. The number of hydrogen-bond donors (Lipinski definition) is 0. The molecule has 5 heteroatoms. The van der Waals surface area contributed by atoms with Crippen molar-refractivity contribution in [1.29, 1.82) is 0 Å². The Morgan fingerprint density at radius 3 is 2.44 bits per heavy atom. The molecule has 136 valence electrons. The number of benzene rings is 1. The maximum Gasteiger partial charge on any atom is 0.0697 e. The Morgan fingerprint density at radius 1 is 1.00 bits per heavy atom. The van der Waals surface area contributed by atoms with Crippen molar-refractivity contribution in [1.82, 2.24) is 25.2 Å². The van der Waals surface area contributed by atoms with E-state index in [9.17, 15) is 0 Å². The monoisotopic (exact) mass is 341 g/mol. The summed E-state index contributed by atoms with van der Waals surface area (Å²) in [6, 6.07) is 11.2. The molecule has 25 heavy (non-hydrogen) atoms. The number of rotatable bonds is 10. The van der Waals surface area contributed by atoms with Crippen LogP contribution in [0.3, 0.4) is 0 Å². The summed E-state index contributed by atoms with van der Waals surface area (Å²) in [7, 11) is 8.53. The lowest BCUT2D eigenvalue weighted by molar-refractivity contribution is 0.275. The van der Waals surface area contributed by atoms with Gasteiger partial charge in [-0.1, -0.05) is 30.3 Å². The molecular weight excluding hydrogens is 310 g/mol. The molecule has 0 saturated heterocycles. The molecule has 2 rings (SSSR count). The summed E-state index contributed by atoms with van der Waals surface area (Å²) in [5.41, 5.74) is 3.73. The minimum absolute atomic E-state index is 0.493. The molecule has 0 radical (unpaired) electrons. The Hall–Kier alpha value is -1.85. The zero-order chi connectivity index (χ0) is 18.1. The third-order valence-corrected chi connectivity index (χ3v) is 4.61. The molecule has 1 aromatic carbocycles. The van der Waals surface area contributed by atoms with E-state index in [0.29, 0.717) is 6.04 Å². The number of hydrogen-bond acceptors (Lipinski definition) is 5. The molecule has 2 aromatic rings. The van der Waals surface area contributed by atoms with Crippen molar-refractivity contribution in [3.8, 4) is 0 Å². The summed E-state index contributed by atoms with van der Waals surface area (Å²) in [6.07, 6.45) is 7.10. The van der Waals surface area contributed by atoms with E-state index in [1.165, 1.54) is 11.1 Å². The van der Waals surface area contributed by atoms with E-state index in [-0.39, 0.29) is 0 Å². The normalized spacial score (nSPS) is 12.7. The van der Waals surface area contributed by atoms with Crippen molar-refractivity contribution in [2.75, 3.05) is 34.7 Å². The van der Waals surface area contributed by atoms with Crippen LogP contribution in [0.25, 0.3) is 0 Å². The predicted molar refractivity (Wildman–Crippen MR) is 103 cm³/mol. The fourth-order valence-electron chi connectivity index (χ4n) is 3.05. The molecule has 1 heterocycles. The van der Waals surface area contributed by atoms with Crippen molar-refractivity contribution in [2.45, 2.75) is 38.1 Å². The van der Waals surface area contributed by atoms with Crippen molar-refractivity contribution < 1.29 is 0 Å². The predicted octanol–water partition coefficient (Wildman–Crippen LogP) is 2.47. The molecular formula is C20H31N5. The smallest absolute Gasteiger partial charge is 0.0697 e. The highest BCUT2D eigenvalue weighted by atomic mass is 15.3. The fourth-order valence-corrected chi connectivity index (χ4v) is 3.05. The summed E-state index contributed by atoms with van der Waals surface area (Å²) in [6.45, 7) is 1.08. The van der Waals surface area contributed by atoms with Crippen LogP contribution in [0.2, 0.25) is 0 Å². The molecule has 0 amide bonds. The Kier molecular flexibility index (Phi) is 7.95. The van der Waals surface area contributed by atoms with Crippen LogP contribution in [-0.2, 0) is 19.3 Å². The lowest BCUT2D eigenvalue weighted by Gasteiger charge is -2.24. The number of aryl methyl sites for hydroxylation is 2. The zero-order valence-electron chi connectivity index (χ0n) is 16.0. The van der Waals surface area contributed by atoms with Gasteiger partial charge in [0.2, 0.25) is 0 Å². The van der Waals surface area contributed by atoms with Gasteiger partial charge in [-0.2, -0.15) is 0 Å². The van der Waals surface area contributed by atoms with Gasteiger partial charge in [-0.05, 0) is 83.2 Å². The van der Waals surface area contributed by atoms with E-state index < -0.39 is 0 Å². The average molecular weight is 342 g/mol. The molecule has 1 unspecified atom stereocenters. The second kappa shape index (κ2) is 10.2. The first-order chi connectivity index (χ1) is 12.1. The minimum atomic E-state index is 0.493. The molecule has 1 aromatic heterocycles. The highest BCUT2D eigenvalue weighted by Crippen LogP contribution is 2.15. The second-order valence-electron chi connectivity index (χ2n) is 7.16. The maximum absolute atomic E-state index is 4.32. The topological polar surface area (TPSA) is 45.2 Å². The van der Waals surface area contributed by atoms with Gasteiger partial charge in [-0.25, -0.2) is 0 Å². The van der Waals surface area contributed by atoms with Crippen LogP contribution in [0.1, 0.15) is 29.7 Å². The molecule has 0 saturated carbocycles. The molecule has 0 spiro atoms. The lowest BCUT2D eigenvalue weighted by Crippen LogP contribution is -2.30. The Balaban J connectivity index is 1.95. The van der Waals surface area contributed by atoms with Crippen LogP contribution in [0.4, 0.5) is 0 Å². The van der Waals surface area contributed by atoms with Gasteiger partial charge < -0.3 is 9.80 Å². The summed E-state index contributed by atoms with van der Waals surface area (Å²) in [5.74, 6) is 0. The van der Waals surface area contributed by atoms with Crippen molar-refractivity contribution in [2.24, 2.45) is 0 Å². The molecule has 0 aliphatic heterocycles. The lowest BCUT2D eigenvalue weighted by atomic mass is 9.98. The molecule has 0 fully saturated rings. The van der Waals surface area contributed by atoms with Crippen molar-refractivity contribution >= 4 is 0 Å². The first-order valence-electron chi connectivity index (χ1n) is 9.07. The van der Waals surface area contributed by atoms with Gasteiger partial charge >= 0.3 is 0 Å². The molecule has 0 aliphatic rings. The van der Waals surface area contributed by atoms with E-state index in [1.807, 2.05) is 6.20 Å². The van der Waals surface area contributed by atoms with Gasteiger partial charge in [0.15, 0.2) is 0 Å². The molecule has 5 nitrogen and oxygen atoms in total. The van der Waals surface area contributed by atoms with Crippen LogP contribution in [0.5, 0.6) is 0 Å². The molecule has 0 bridgehead atoms. The van der Waals surface area contributed by atoms with Crippen LogP contribution in [-0.4, -0.2) is 66.0 Å². The van der Waals surface area contributed by atoms with Crippen LogP contribution >= 0.6 is 0 Å². The van der Waals surface area contributed by atoms with Crippen LogP contribution < -0.4 is 0 Å². The van der Waals surface area contributed by atoms with E-state index in [0.717, 1.165) is 44.3 Å². The number of likely N-dealkylation sites (N-methyl/N-ethyl adjacent to an activating group) is 1. The van der Waals surface area contributed by atoms with Gasteiger partial charge in [-0.15, -0.1) is 10.2 Å². The summed E-state index contributed by atoms with van der Waals surface area (Å²) in [5, 5.41) is 12.2. The SMILES string of the molecule is CN(C)CCCc1cnnnc1CCC(Cc1ccccc1)N(C)C. The first-order valence-corrected chi connectivity index (χ1v) is 9.07. The van der Waals surface area contributed by atoms with E-state index >= 15 is 0 Å². The van der Waals surface area contributed by atoms with Gasteiger partial charge in [0.1, 0.15) is 0 Å². The fraction of sp³-hybridized carbons (Fsp3) is 0.550. The zero-order valence-corrected chi connectivity index (χ0v) is 16.0. The number of nitrogens with zero attached hydrogens (tertiary/aromatic N) is 5. The van der Waals surface area contributed by atoms with E-state index in [1.54, 1.807) is 0 Å². The molecule has 0 aliphatic carbocycles. The maximum atomic E-state index is 4.32. The third-order valence-electron chi connectivity index (χ3n) is 4.61. The summed E-state index contributed by atoms with van der Waals surface area (Å²) < 4.78 is 0. The van der Waals surface area contributed by atoms with E-state index in [4.69, 9.17) is 0 Å². The molecule has 1 atom stereocenters. The highest BCUT2D eigenvalue weighted by molar-refractivity contribution is 5.17. The minimum Gasteiger partial charge on any atom is -0.309 e. The highest BCUT2D eigenvalue weighted by Gasteiger charge is 2.14. The van der Waals surface area contributed by atoms with Gasteiger partial charge in [0.05, 0.1) is 11.9 Å². The van der Waals surface area contributed by atoms with Crippen LogP contribution in [0.15, 0.2) is 36.5 Å². The van der Waals surface area contributed by atoms with E-state index in [2.05, 4.69) is 83.7 Å². The van der Waals surface area contributed by atoms with Gasteiger partial charge in [0.25, 0.3) is 0 Å². The quantitative estimate of drug-likeness (QED) is 0.664. The van der Waals surface area contributed by atoms with Gasteiger partial charge in [0, 0.05) is 6.04 Å². The first kappa shape index (κ1) is 19.5. The Morgan fingerprint density at radius 2 is 1.76 bits per heavy atom. The van der Waals surface area contributed by atoms with Crippen LogP contribution in [0, 0.1) is 0 Å². The van der Waals surface area contributed by atoms with Crippen molar-refractivity contribution in [3.05, 3.63) is 53.3 Å². The van der Waals surface area contributed by atoms with Crippen molar-refractivity contribution in [3.63, 3.8) is 0 Å². The number of aromatic nitrogens is 3. The summed E-state index contributed by atoms with van der Waals surface area (Å²) >= 11 is 0. The molecule has 0 N–H and O–H groups in total. The second-order valence-corrected chi connectivity index (χ2v) is 7.16. The standard InChI is InChI=1S/C20H31N5/c1-24(2)14-8-11-18-16-21-23-22-20(18)13-12-19(25(3)4)15-17-9-6-5-7-10-17/h5-7,9-10,16,19H,8,11-15H2,1-4H3. The third kappa shape index (κ3) is 6.88. The Bertz CT molecular complexity index is 612. The Labute approximate surface area is 152 Å². The largest absolute Gasteiger partial charge is 0.309 e. The average Bonchev–Trinajstić information content (AvgIpc) is 2.60. The van der Waals surface area contributed by atoms with Gasteiger partial charge in [-0.3, -0.25) is 0 Å².